The molecule has 2 atom stereocenters. The molecule has 0 spiro atoms. The van der Waals surface area contributed by atoms with Gasteiger partial charge < -0.3 is 10.2 Å². The number of rotatable bonds is 4. The van der Waals surface area contributed by atoms with Crippen molar-refractivity contribution in [3.05, 3.63) is 24.2 Å². The van der Waals surface area contributed by atoms with Crippen LogP contribution in [0.2, 0.25) is 0 Å². The Hall–Kier alpha value is -0.800. The van der Waals surface area contributed by atoms with Crippen LogP contribution in [0.1, 0.15) is 51.8 Å². The minimum absolute atomic E-state index is 0.0992. The van der Waals surface area contributed by atoms with Crippen LogP contribution in [0.25, 0.3) is 0 Å². The summed E-state index contributed by atoms with van der Waals surface area (Å²) in [5, 5.41) is 0. The van der Waals surface area contributed by atoms with Crippen molar-refractivity contribution in [2.45, 2.75) is 52.1 Å². The van der Waals surface area contributed by atoms with Gasteiger partial charge in [0.05, 0.1) is 12.3 Å². The summed E-state index contributed by atoms with van der Waals surface area (Å²) in [6.07, 6.45) is 5.52. The zero-order chi connectivity index (χ0) is 13.2. The maximum atomic E-state index is 6.16. The van der Waals surface area contributed by atoms with E-state index >= 15 is 0 Å². The predicted octanol–water partition coefficient (Wildman–Crippen LogP) is 3.18. The van der Waals surface area contributed by atoms with Gasteiger partial charge in [-0.05, 0) is 50.4 Å². The van der Waals surface area contributed by atoms with Gasteiger partial charge in [0.2, 0.25) is 0 Å². The molecule has 1 saturated heterocycles. The molecule has 2 heterocycles. The Morgan fingerprint density at radius 1 is 1.44 bits per heavy atom. The van der Waals surface area contributed by atoms with Crippen molar-refractivity contribution in [1.29, 1.82) is 0 Å². The summed E-state index contributed by atoms with van der Waals surface area (Å²) in [6.45, 7) is 9.01. The lowest BCUT2D eigenvalue weighted by molar-refractivity contribution is 0.0633. The van der Waals surface area contributed by atoms with Gasteiger partial charge in [-0.25, -0.2) is 0 Å². The molecule has 1 aromatic rings. The molecule has 3 nitrogen and oxygen atoms in total. The van der Waals surface area contributed by atoms with Gasteiger partial charge in [0.1, 0.15) is 5.76 Å². The number of hydrogen-bond donors (Lipinski definition) is 1. The number of furan rings is 1. The third-order valence-corrected chi connectivity index (χ3v) is 4.58. The molecule has 3 heteroatoms. The molecule has 0 radical (unpaired) electrons. The average molecular weight is 250 g/mol. The molecule has 0 bridgehead atoms. The molecule has 18 heavy (non-hydrogen) atoms. The number of piperidine rings is 1. The fourth-order valence-electron chi connectivity index (χ4n) is 2.93. The number of likely N-dealkylation sites (tertiary alicyclic amines) is 1. The minimum atomic E-state index is 0.0992. The normalized spacial score (nSPS) is 23.8. The highest BCUT2D eigenvalue weighted by Gasteiger charge is 2.34. The molecule has 2 rings (SSSR count). The molecule has 0 aromatic carbocycles. The van der Waals surface area contributed by atoms with E-state index in [1.807, 2.05) is 12.1 Å². The first-order chi connectivity index (χ1) is 8.56. The Bertz CT molecular complexity index is 351. The summed E-state index contributed by atoms with van der Waals surface area (Å²) >= 11 is 0. The average Bonchev–Trinajstić information content (AvgIpc) is 2.85. The molecule has 0 saturated carbocycles. The molecule has 2 unspecified atom stereocenters. The second-order valence-corrected chi connectivity index (χ2v) is 6.02. The van der Waals surface area contributed by atoms with E-state index in [9.17, 15) is 0 Å². The van der Waals surface area contributed by atoms with Crippen molar-refractivity contribution >= 4 is 0 Å². The van der Waals surface area contributed by atoms with Crippen LogP contribution in [-0.2, 0) is 0 Å². The van der Waals surface area contributed by atoms with Gasteiger partial charge in [-0.3, -0.25) is 4.90 Å². The fourth-order valence-corrected chi connectivity index (χ4v) is 2.93. The summed E-state index contributed by atoms with van der Waals surface area (Å²) in [6, 6.07) is 4.32. The van der Waals surface area contributed by atoms with Crippen LogP contribution in [0.5, 0.6) is 0 Å². The first kappa shape index (κ1) is 13.6. The van der Waals surface area contributed by atoms with Crippen LogP contribution < -0.4 is 5.73 Å². The van der Waals surface area contributed by atoms with Gasteiger partial charge in [0.25, 0.3) is 0 Å². The lowest BCUT2D eigenvalue weighted by atomic mass is 9.77. The van der Waals surface area contributed by atoms with Crippen molar-refractivity contribution < 1.29 is 4.42 Å². The van der Waals surface area contributed by atoms with Gasteiger partial charge in [-0.2, -0.15) is 0 Å². The zero-order valence-corrected chi connectivity index (χ0v) is 11.9. The molecule has 2 N–H and O–H groups in total. The molecule has 0 aliphatic carbocycles. The zero-order valence-electron chi connectivity index (χ0n) is 11.9. The Morgan fingerprint density at radius 2 is 2.11 bits per heavy atom. The topological polar surface area (TPSA) is 42.4 Å². The maximum absolute atomic E-state index is 6.16. The number of nitrogens with zero attached hydrogens (tertiary/aromatic N) is 1. The van der Waals surface area contributed by atoms with E-state index in [-0.39, 0.29) is 12.1 Å². The second-order valence-electron chi connectivity index (χ2n) is 6.02. The standard InChI is InChI=1S/C15H26N2O/c1-4-15(3)7-9-17(10-8-15)14(12(2)16)13-6-5-11-18-13/h5-6,11-12,14H,4,7-10,16H2,1-3H3. The fraction of sp³-hybridized carbons (Fsp3) is 0.733. The Labute approximate surface area is 110 Å². The second kappa shape index (κ2) is 5.45. The van der Waals surface area contributed by atoms with E-state index < -0.39 is 0 Å². The molecular formula is C15H26N2O. The third-order valence-electron chi connectivity index (χ3n) is 4.58. The molecule has 1 aromatic heterocycles. The van der Waals surface area contributed by atoms with Crippen LogP contribution in [0.4, 0.5) is 0 Å². The lowest BCUT2D eigenvalue weighted by Crippen LogP contribution is -2.45. The van der Waals surface area contributed by atoms with E-state index in [2.05, 4.69) is 25.7 Å². The van der Waals surface area contributed by atoms with Crippen molar-refractivity contribution in [2.75, 3.05) is 13.1 Å². The van der Waals surface area contributed by atoms with Gasteiger partial charge in [-0.1, -0.05) is 20.3 Å². The van der Waals surface area contributed by atoms with Crippen LogP contribution >= 0.6 is 0 Å². The van der Waals surface area contributed by atoms with E-state index in [1.165, 1.54) is 19.3 Å². The highest BCUT2D eigenvalue weighted by molar-refractivity contribution is 5.08. The molecule has 1 aliphatic heterocycles. The van der Waals surface area contributed by atoms with Gasteiger partial charge >= 0.3 is 0 Å². The van der Waals surface area contributed by atoms with Gasteiger partial charge in [0, 0.05) is 6.04 Å². The molecule has 0 amide bonds. The summed E-state index contributed by atoms with van der Waals surface area (Å²) in [4.78, 5) is 2.49. The number of nitrogens with two attached hydrogens (primary N) is 1. The Morgan fingerprint density at radius 3 is 2.56 bits per heavy atom. The maximum Gasteiger partial charge on any atom is 0.122 e. The predicted molar refractivity (Wildman–Crippen MR) is 74.3 cm³/mol. The first-order valence-corrected chi connectivity index (χ1v) is 7.09. The summed E-state index contributed by atoms with van der Waals surface area (Å²) < 4.78 is 5.57. The van der Waals surface area contributed by atoms with Crippen LogP contribution in [0.15, 0.2) is 22.8 Å². The smallest absolute Gasteiger partial charge is 0.122 e. The van der Waals surface area contributed by atoms with Crippen molar-refractivity contribution in [3.63, 3.8) is 0 Å². The highest BCUT2D eigenvalue weighted by Crippen LogP contribution is 2.37. The molecular weight excluding hydrogens is 224 g/mol. The highest BCUT2D eigenvalue weighted by atomic mass is 16.3. The van der Waals surface area contributed by atoms with Crippen LogP contribution in [0, 0.1) is 5.41 Å². The van der Waals surface area contributed by atoms with Crippen molar-refractivity contribution in [2.24, 2.45) is 11.1 Å². The Balaban J connectivity index is 2.06. The molecule has 1 aliphatic rings. The first-order valence-electron chi connectivity index (χ1n) is 7.09. The SMILES string of the molecule is CCC1(C)CCN(C(c2ccco2)C(C)N)CC1. The van der Waals surface area contributed by atoms with E-state index in [4.69, 9.17) is 10.2 Å². The summed E-state index contributed by atoms with van der Waals surface area (Å²) in [5.41, 5.74) is 6.67. The summed E-state index contributed by atoms with van der Waals surface area (Å²) in [5.74, 6) is 1.00. The van der Waals surface area contributed by atoms with Crippen molar-refractivity contribution in [3.8, 4) is 0 Å². The van der Waals surface area contributed by atoms with Crippen LogP contribution in [0.3, 0.4) is 0 Å². The van der Waals surface area contributed by atoms with E-state index in [1.54, 1.807) is 6.26 Å². The monoisotopic (exact) mass is 250 g/mol. The Kier molecular flexibility index (Phi) is 4.13. The van der Waals surface area contributed by atoms with E-state index in [0.29, 0.717) is 5.41 Å². The number of hydrogen-bond acceptors (Lipinski definition) is 3. The largest absolute Gasteiger partial charge is 0.468 e. The van der Waals surface area contributed by atoms with Crippen molar-refractivity contribution in [1.82, 2.24) is 4.90 Å². The van der Waals surface area contributed by atoms with Gasteiger partial charge in [-0.15, -0.1) is 0 Å². The molecule has 1 fully saturated rings. The minimum Gasteiger partial charge on any atom is -0.468 e. The molecule has 102 valence electrons. The quantitative estimate of drug-likeness (QED) is 0.892. The van der Waals surface area contributed by atoms with Crippen LogP contribution in [-0.4, -0.2) is 24.0 Å². The lowest BCUT2D eigenvalue weighted by Gasteiger charge is -2.42. The van der Waals surface area contributed by atoms with Gasteiger partial charge in [0.15, 0.2) is 0 Å². The summed E-state index contributed by atoms with van der Waals surface area (Å²) in [7, 11) is 0. The van der Waals surface area contributed by atoms with E-state index in [0.717, 1.165) is 18.8 Å². The third kappa shape index (κ3) is 2.78.